The van der Waals surface area contributed by atoms with Crippen molar-refractivity contribution in [3.8, 4) is 0 Å². The molecule has 0 aliphatic carbocycles. The monoisotopic (exact) mass is 243 g/mol. The van der Waals surface area contributed by atoms with Gasteiger partial charge in [0.05, 0.1) is 13.2 Å². The van der Waals surface area contributed by atoms with Crippen LogP contribution in [-0.2, 0) is 17.8 Å². The van der Waals surface area contributed by atoms with Crippen molar-refractivity contribution in [2.75, 3.05) is 12.0 Å². The SMILES string of the molecule is NNc1ncccc1COCCc1ccccc1. The molecule has 1 heterocycles. The number of nitrogens with zero attached hydrogens (tertiary/aromatic N) is 1. The molecule has 4 nitrogen and oxygen atoms in total. The zero-order valence-electron chi connectivity index (χ0n) is 10.2. The average molecular weight is 243 g/mol. The number of anilines is 1. The van der Waals surface area contributed by atoms with Crippen LogP contribution in [0.25, 0.3) is 0 Å². The van der Waals surface area contributed by atoms with Gasteiger partial charge in [0.25, 0.3) is 0 Å². The van der Waals surface area contributed by atoms with Crippen molar-refractivity contribution in [3.05, 3.63) is 59.8 Å². The smallest absolute Gasteiger partial charge is 0.145 e. The highest BCUT2D eigenvalue weighted by Crippen LogP contribution is 2.11. The summed E-state index contributed by atoms with van der Waals surface area (Å²) in [5.41, 5.74) is 4.81. The molecule has 0 aliphatic rings. The van der Waals surface area contributed by atoms with E-state index in [0.29, 0.717) is 19.0 Å². The van der Waals surface area contributed by atoms with E-state index >= 15 is 0 Å². The maximum Gasteiger partial charge on any atom is 0.145 e. The zero-order chi connectivity index (χ0) is 12.6. The van der Waals surface area contributed by atoms with Crippen molar-refractivity contribution in [1.29, 1.82) is 0 Å². The van der Waals surface area contributed by atoms with Crippen LogP contribution >= 0.6 is 0 Å². The molecule has 0 spiro atoms. The van der Waals surface area contributed by atoms with Gasteiger partial charge in [-0.05, 0) is 18.1 Å². The van der Waals surface area contributed by atoms with Crippen LogP contribution in [0.3, 0.4) is 0 Å². The summed E-state index contributed by atoms with van der Waals surface area (Å²) in [4.78, 5) is 4.12. The second kappa shape index (κ2) is 6.74. The lowest BCUT2D eigenvalue weighted by Gasteiger charge is -2.08. The Balaban J connectivity index is 1.78. The standard InChI is InChI=1S/C14H17N3O/c15-17-14-13(7-4-9-16-14)11-18-10-8-12-5-2-1-3-6-12/h1-7,9H,8,10-11,15H2,(H,16,17). The van der Waals surface area contributed by atoms with Crippen molar-refractivity contribution < 1.29 is 4.74 Å². The number of hydrogen-bond donors (Lipinski definition) is 2. The molecule has 3 N–H and O–H groups in total. The van der Waals surface area contributed by atoms with E-state index in [4.69, 9.17) is 10.6 Å². The van der Waals surface area contributed by atoms with Gasteiger partial charge in [-0.15, -0.1) is 0 Å². The lowest BCUT2D eigenvalue weighted by molar-refractivity contribution is 0.124. The van der Waals surface area contributed by atoms with Crippen LogP contribution in [0.2, 0.25) is 0 Å². The van der Waals surface area contributed by atoms with E-state index in [9.17, 15) is 0 Å². The fourth-order valence-electron chi connectivity index (χ4n) is 1.70. The second-order valence-corrected chi connectivity index (χ2v) is 3.94. The Hall–Kier alpha value is -1.91. The van der Waals surface area contributed by atoms with E-state index in [1.54, 1.807) is 6.20 Å². The first-order valence-electron chi connectivity index (χ1n) is 5.92. The predicted octanol–water partition coefficient (Wildman–Crippen LogP) is 2.13. The van der Waals surface area contributed by atoms with E-state index in [2.05, 4.69) is 22.5 Å². The topological polar surface area (TPSA) is 60.2 Å². The molecule has 4 heteroatoms. The van der Waals surface area contributed by atoms with Crippen molar-refractivity contribution in [2.24, 2.45) is 5.84 Å². The molecule has 94 valence electrons. The summed E-state index contributed by atoms with van der Waals surface area (Å²) >= 11 is 0. The van der Waals surface area contributed by atoms with E-state index in [1.165, 1.54) is 5.56 Å². The average Bonchev–Trinajstić information content (AvgIpc) is 2.45. The third kappa shape index (κ3) is 3.55. The molecule has 1 aromatic carbocycles. The van der Waals surface area contributed by atoms with Gasteiger partial charge in [0.1, 0.15) is 5.82 Å². The van der Waals surface area contributed by atoms with Gasteiger partial charge >= 0.3 is 0 Å². The number of ether oxygens (including phenoxy) is 1. The Bertz CT molecular complexity index is 473. The van der Waals surface area contributed by atoms with Gasteiger partial charge in [-0.1, -0.05) is 36.4 Å². The molecular weight excluding hydrogens is 226 g/mol. The van der Waals surface area contributed by atoms with Crippen LogP contribution in [0.5, 0.6) is 0 Å². The van der Waals surface area contributed by atoms with Crippen molar-refractivity contribution >= 4 is 5.82 Å². The van der Waals surface area contributed by atoms with Gasteiger partial charge in [0.2, 0.25) is 0 Å². The summed E-state index contributed by atoms with van der Waals surface area (Å²) in [5, 5.41) is 0. The number of nitrogen functional groups attached to an aromatic ring is 1. The van der Waals surface area contributed by atoms with E-state index in [0.717, 1.165) is 12.0 Å². The van der Waals surface area contributed by atoms with Gasteiger partial charge in [-0.2, -0.15) is 0 Å². The summed E-state index contributed by atoms with van der Waals surface area (Å²) < 4.78 is 5.63. The van der Waals surface area contributed by atoms with Crippen LogP contribution in [0.4, 0.5) is 5.82 Å². The van der Waals surface area contributed by atoms with Crippen molar-refractivity contribution in [1.82, 2.24) is 4.98 Å². The molecule has 0 bridgehead atoms. The molecule has 0 atom stereocenters. The van der Waals surface area contributed by atoms with E-state index in [1.807, 2.05) is 30.3 Å². The molecule has 1 aromatic heterocycles. The van der Waals surface area contributed by atoms with Crippen LogP contribution in [0.15, 0.2) is 48.7 Å². The fraction of sp³-hybridized carbons (Fsp3) is 0.214. The molecule has 0 aliphatic heterocycles. The normalized spacial score (nSPS) is 10.3. The highest BCUT2D eigenvalue weighted by molar-refractivity contribution is 5.41. The van der Waals surface area contributed by atoms with Gasteiger partial charge in [-0.3, -0.25) is 0 Å². The Labute approximate surface area is 107 Å². The zero-order valence-corrected chi connectivity index (χ0v) is 10.2. The van der Waals surface area contributed by atoms with E-state index in [-0.39, 0.29) is 0 Å². The van der Waals surface area contributed by atoms with Crippen LogP contribution in [0.1, 0.15) is 11.1 Å². The van der Waals surface area contributed by atoms with Gasteiger partial charge in [0, 0.05) is 11.8 Å². The number of nitrogens with two attached hydrogens (primary N) is 1. The molecule has 0 fully saturated rings. The number of benzene rings is 1. The van der Waals surface area contributed by atoms with Gasteiger partial charge in [-0.25, -0.2) is 10.8 Å². The minimum absolute atomic E-state index is 0.514. The number of hydrogen-bond acceptors (Lipinski definition) is 4. The molecule has 0 radical (unpaired) electrons. The number of nitrogens with one attached hydrogen (secondary N) is 1. The Morgan fingerprint density at radius 1 is 1.11 bits per heavy atom. The first kappa shape index (κ1) is 12.5. The Morgan fingerprint density at radius 3 is 2.72 bits per heavy atom. The summed E-state index contributed by atoms with van der Waals surface area (Å²) in [6.45, 7) is 1.20. The highest BCUT2D eigenvalue weighted by Gasteiger charge is 2.01. The molecule has 0 unspecified atom stereocenters. The molecular formula is C14H17N3O. The lowest BCUT2D eigenvalue weighted by Crippen LogP contribution is -2.11. The quantitative estimate of drug-likeness (QED) is 0.463. The molecule has 18 heavy (non-hydrogen) atoms. The Kier molecular flexibility index (Phi) is 4.69. The third-order valence-electron chi connectivity index (χ3n) is 2.66. The van der Waals surface area contributed by atoms with E-state index < -0.39 is 0 Å². The summed E-state index contributed by atoms with van der Waals surface area (Å²) in [6, 6.07) is 14.1. The number of pyridine rings is 1. The number of hydrazine groups is 1. The molecule has 2 rings (SSSR count). The second-order valence-electron chi connectivity index (χ2n) is 3.94. The first-order valence-corrected chi connectivity index (χ1v) is 5.92. The summed E-state index contributed by atoms with van der Waals surface area (Å²) in [5.74, 6) is 6.04. The summed E-state index contributed by atoms with van der Waals surface area (Å²) in [7, 11) is 0. The van der Waals surface area contributed by atoms with Crippen molar-refractivity contribution in [3.63, 3.8) is 0 Å². The van der Waals surface area contributed by atoms with Crippen LogP contribution in [-0.4, -0.2) is 11.6 Å². The third-order valence-corrected chi connectivity index (χ3v) is 2.66. The van der Waals surface area contributed by atoms with Crippen molar-refractivity contribution in [2.45, 2.75) is 13.0 Å². The molecule has 2 aromatic rings. The number of aromatic nitrogens is 1. The number of rotatable bonds is 6. The minimum atomic E-state index is 0.514. The minimum Gasteiger partial charge on any atom is -0.376 e. The predicted molar refractivity (Wildman–Crippen MR) is 71.8 cm³/mol. The largest absolute Gasteiger partial charge is 0.376 e. The molecule has 0 saturated carbocycles. The fourth-order valence-corrected chi connectivity index (χ4v) is 1.70. The maximum absolute atomic E-state index is 5.63. The lowest BCUT2D eigenvalue weighted by atomic mass is 10.2. The van der Waals surface area contributed by atoms with Crippen LogP contribution in [0, 0.1) is 0 Å². The first-order chi connectivity index (χ1) is 8.90. The molecule has 0 amide bonds. The molecule has 0 saturated heterocycles. The summed E-state index contributed by atoms with van der Waals surface area (Å²) in [6.07, 6.45) is 2.61. The highest BCUT2D eigenvalue weighted by atomic mass is 16.5. The van der Waals surface area contributed by atoms with Crippen LogP contribution < -0.4 is 11.3 Å². The Morgan fingerprint density at radius 2 is 1.94 bits per heavy atom. The maximum atomic E-state index is 5.63. The van der Waals surface area contributed by atoms with Gasteiger partial charge < -0.3 is 10.2 Å². The van der Waals surface area contributed by atoms with Gasteiger partial charge in [0.15, 0.2) is 0 Å².